The molecule has 0 saturated carbocycles. The Kier molecular flexibility index (Phi) is 8.78. The number of fused-ring (bicyclic) bond motifs is 3. The summed E-state index contributed by atoms with van der Waals surface area (Å²) in [6.07, 6.45) is 6.39. The zero-order valence-corrected chi connectivity index (χ0v) is 26.7. The molecule has 45 heavy (non-hydrogen) atoms. The minimum absolute atomic E-state index is 0.0943. The number of hydrogen-bond donors (Lipinski definition) is 0. The number of hydrogen-bond acceptors (Lipinski definition) is 7. The number of aromatic nitrogens is 4. The van der Waals surface area contributed by atoms with E-state index in [0.717, 1.165) is 70.6 Å². The summed E-state index contributed by atoms with van der Waals surface area (Å²) in [4.78, 5) is 20.7. The van der Waals surface area contributed by atoms with Crippen LogP contribution in [-0.4, -0.2) is 51.2 Å². The summed E-state index contributed by atoms with van der Waals surface area (Å²) in [5.41, 5.74) is 5.54. The van der Waals surface area contributed by atoms with E-state index in [9.17, 15) is 4.79 Å². The van der Waals surface area contributed by atoms with Crippen LogP contribution in [0.3, 0.4) is 0 Å². The van der Waals surface area contributed by atoms with Crippen LogP contribution in [0, 0.1) is 0 Å². The topological polar surface area (TPSA) is 92.4 Å². The minimum atomic E-state index is -0.697. The Labute approximate surface area is 263 Å². The zero-order valence-electron chi connectivity index (χ0n) is 26.7. The van der Waals surface area contributed by atoms with E-state index < -0.39 is 11.7 Å². The lowest BCUT2D eigenvalue weighted by atomic mass is 10.1. The third-order valence-electron chi connectivity index (χ3n) is 7.80. The zero-order chi connectivity index (χ0) is 31.6. The Morgan fingerprint density at radius 2 is 1.87 bits per heavy atom. The maximum absolute atomic E-state index is 13.9. The molecule has 2 aromatic carbocycles. The highest BCUT2D eigenvalue weighted by Gasteiger charge is 2.28. The van der Waals surface area contributed by atoms with E-state index >= 15 is 0 Å². The SMILES string of the molecule is CCOCc1cc2c(N(Cc3ccc(OC)cc3)C(=O)OC(C)(C)C)nc3cc(-c4ccnn4C4CCCCO4)ccc3n2c1. The average molecular weight is 612 g/mol. The number of ether oxygens (including phenoxy) is 4. The van der Waals surface area contributed by atoms with Crippen LogP contribution in [-0.2, 0) is 27.4 Å². The van der Waals surface area contributed by atoms with Crippen molar-refractivity contribution in [2.45, 2.75) is 71.9 Å². The first-order valence-electron chi connectivity index (χ1n) is 15.6. The fourth-order valence-electron chi connectivity index (χ4n) is 5.68. The molecule has 0 bridgehead atoms. The average Bonchev–Trinajstić information content (AvgIpc) is 3.70. The number of amides is 1. The van der Waals surface area contributed by atoms with Crippen molar-refractivity contribution < 1.29 is 23.7 Å². The fraction of sp³-hybridized carbons (Fsp3) is 0.400. The van der Waals surface area contributed by atoms with E-state index in [1.807, 2.05) is 75.0 Å². The number of carbonyl (C=O) groups is 1. The van der Waals surface area contributed by atoms with Gasteiger partial charge in [-0.3, -0.25) is 4.90 Å². The molecule has 236 valence electrons. The number of benzene rings is 2. The van der Waals surface area contributed by atoms with Gasteiger partial charge in [0.15, 0.2) is 12.0 Å². The fourth-order valence-corrected chi connectivity index (χ4v) is 5.68. The molecule has 10 heteroatoms. The van der Waals surface area contributed by atoms with Crippen molar-refractivity contribution in [1.29, 1.82) is 0 Å². The predicted molar refractivity (Wildman–Crippen MR) is 173 cm³/mol. The highest BCUT2D eigenvalue weighted by atomic mass is 16.6. The Bertz CT molecular complexity index is 1780. The summed E-state index contributed by atoms with van der Waals surface area (Å²) in [5.74, 6) is 1.24. The van der Waals surface area contributed by atoms with Gasteiger partial charge in [0.05, 0.1) is 42.5 Å². The van der Waals surface area contributed by atoms with E-state index in [0.29, 0.717) is 19.0 Å². The molecule has 0 N–H and O–H groups in total. The van der Waals surface area contributed by atoms with Crippen molar-refractivity contribution in [2.75, 3.05) is 25.2 Å². The molecule has 0 spiro atoms. The van der Waals surface area contributed by atoms with Gasteiger partial charge >= 0.3 is 6.09 Å². The molecule has 1 unspecified atom stereocenters. The number of rotatable bonds is 9. The van der Waals surface area contributed by atoms with Crippen LogP contribution in [0.25, 0.3) is 27.8 Å². The molecule has 10 nitrogen and oxygen atoms in total. The van der Waals surface area contributed by atoms with Crippen LogP contribution in [0.1, 0.15) is 64.3 Å². The molecule has 6 rings (SSSR count). The maximum atomic E-state index is 13.9. The number of anilines is 1. The molecule has 3 aromatic heterocycles. The lowest BCUT2D eigenvalue weighted by Gasteiger charge is -2.28. The predicted octanol–water partition coefficient (Wildman–Crippen LogP) is 7.54. The van der Waals surface area contributed by atoms with Crippen molar-refractivity contribution in [2.24, 2.45) is 0 Å². The molecule has 0 aliphatic carbocycles. The molecule has 5 aromatic rings. The monoisotopic (exact) mass is 611 g/mol. The quantitative estimate of drug-likeness (QED) is 0.170. The first kappa shape index (κ1) is 30.6. The number of nitrogens with zero attached hydrogens (tertiary/aromatic N) is 5. The number of carbonyl (C=O) groups excluding carboxylic acids is 1. The Morgan fingerprint density at radius 3 is 2.58 bits per heavy atom. The standard InChI is InChI=1S/C35H41N5O5/c1-6-43-23-25-19-31-33(39(34(41)45-35(2,3)4)21-24-10-13-27(42-5)14-11-24)37-28-20-26(12-15-30(28)38(31)22-25)29-16-17-36-40(29)32-9-7-8-18-44-32/h10-17,19-20,22,32H,6-9,18,21,23H2,1-5H3. The van der Waals surface area contributed by atoms with Gasteiger partial charge in [0, 0.05) is 31.2 Å². The van der Waals surface area contributed by atoms with Gasteiger partial charge in [0.2, 0.25) is 0 Å². The van der Waals surface area contributed by atoms with E-state index in [4.69, 9.17) is 23.9 Å². The Balaban J connectivity index is 1.50. The van der Waals surface area contributed by atoms with Crippen molar-refractivity contribution in [3.8, 4) is 17.0 Å². The van der Waals surface area contributed by atoms with E-state index in [1.165, 1.54) is 0 Å². The molecule has 1 aliphatic rings. The first-order valence-corrected chi connectivity index (χ1v) is 15.6. The van der Waals surface area contributed by atoms with Crippen LogP contribution >= 0.6 is 0 Å². The smallest absolute Gasteiger partial charge is 0.416 e. The second-order valence-electron chi connectivity index (χ2n) is 12.3. The normalized spacial score (nSPS) is 15.4. The van der Waals surface area contributed by atoms with Crippen LogP contribution < -0.4 is 9.64 Å². The Hall–Kier alpha value is -4.41. The van der Waals surface area contributed by atoms with Crippen LogP contribution in [0.15, 0.2) is 67.0 Å². The third-order valence-corrected chi connectivity index (χ3v) is 7.80. The second kappa shape index (κ2) is 12.9. The van der Waals surface area contributed by atoms with E-state index in [-0.39, 0.29) is 12.8 Å². The molecule has 1 aliphatic heterocycles. The molecule has 1 fully saturated rings. The number of methoxy groups -OCH3 is 1. The lowest BCUT2D eigenvalue weighted by molar-refractivity contribution is -0.0383. The highest BCUT2D eigenvalue weighted by Crippen LogP contribution is 2.34. The van der Waals surface area contributed by atoms with Gasteiger partial charge in [-0.15, -0.1) is 0 Å². The first-order chi connectivity index (χ1) is 21.7. The van der Waals surface area contributed by atoms with Gasteiger partial charge < -0.3 is 23.3 Å². The molecular formula is C35H41N5O5. The van der Waals surface area contributed by atoms with Crippen molar-refractivity contribution in [1.82, 2.24) is 19.2 Å². The molecular weight excluding hydrogens is 570 g/mol. The van der Waals surface area contributed by atoms with E-state index in [1.54, 1.807) is 12.0 Å². The summed E-state index contributed by atoms with van der Waals surface area (Å²) in [6.45, 7) is 9.60. The molecule has 1 atom stereocenters. The largest absolute Gasteiger partial charge is 0.497 e. The second-order valence-corrected chi connectivity index (χ2v) is 12.3. The lowest BCUT2D eigenvalue weighted by Crippen LogP contribution is -2.37. The summed E-state index contributed by atoms with van der Waals surface area (Å²) >= 11 is 0. The molecule has 1 saturated heterocycles. The van der Waals surface area contributed by atoms with Crippen LogP contribution in [0.2, 0.25) is 0 Å². The third kappa shape index (κ3) is 6.67. The van der Waals surface area contributed by atoms with Crippen molar-refractivity contribution >= 4 is 28.5 Å². The molecule has 1 amide bonds. The van der Waals surface area contributed by atoms with Crippen LogP contribution in [0.4, 0.5) is 10.6 Å². The summed E-state index contributed by atoms with van der Waals surface area (Å²) < 4.78 is 27.2. The van der Waals surface area contributed by atoms with Gasteiger partial charge in [-0.05, 0) is 94.5 Å². The van der Waals surface area contributed by atoms with Gasteiger partial charge in [-0.1, -0.05) is 18.2 Å². The highest BCUT2D eigenvalue weighted by molar-refractivity contribution is 5.96. The summed E-state index contributed by atoms with van der Waals surface area (Å²) in [6, 6.07) is 17.9. The van der Waals surface area contributed by atoms with E-state index in [2.05, 4.69) is 33.9 Å². The van der Waals surface area contributed by atoms with Gasteiger partial charge in [-0.25, -0.2) is 14.5 Å². The Morgan fingerprint density at radius 1 is 1.04 bits per heavy atom. The minimum Gasteiger partial charge on any atom is -0.497 e. The van der Waals surface area contributed by atoms with Crippen molar-refractivity contribution in [3.63, 3.8) is 0 Å². The summed E-state index contributed by atoms with van der Waals surface area (Å²) in [5, 5.41) is 4.61. The van der Waals surface area contributed by atoms with Gasteiger partial charge in [-0.2, -0.15) is 5.10 Å². The maximum Gasteiger partial charge on any atom is 0.416 e. The van der Waals surface area contributed by atoms with Gasteiger partial charge in [0.1, 0.15) is 11.4 Å². The molecule has 4 heterocycles. The van der Waals surface area contributed by atoms with Crippen molar-refractivity contribution in [3.05, 3.63) is 78.1 Å². The molecule has 0 radical (unpaired) electrons. The summed E-state index contributed by atoms with van der Waals surface area (Å²) in [7, 11) is 1.63. The van der Waals surface area contributed by atoms with Crippen LogP contribution in [0.5, 0.6) is 5.75 Å². The van der Waals surface area contributed by atoms with Gasteiger partial charge in [0.25, 0.3) is 0 Å².